The summed E-state index contributed by atoms with van der Waals surface area (Å²) in [6, 6.07) is 5.30. The third-order valence-electron chi connectivity index (χ3n) is 4.61. The smallest absolute Gasteiger partial charge is 0.254 e. The predicted molar refractivity (Wildman–Crippen MR) is 83.8 cm³/mol. The van der Waals surface area contributed by atoms with Crippen molar-refractivity contribution in [3.05, 3.63) is 34.1 Å². The highest BCUT2D eigenvalue weighted by atomic mass is 79.9. The van der Waals surface area contributed by atoms with Crippen molar-refractivity contribution in [3.63, 3.8) is 0 Å². The van der Waals surface area contributed by atoms with Gasteiger partial charge >= 0.3 is 0 Å². The summed E-state index contributed by atoms with van der Waals surface area (Å²) in [4.78, 5) is 16.8. The fraction of sp³-hybridized carbons (Fsp3) is 0.562. The van der Waals surface area contributed by atoms with Crippen molar-refractivity contribution in [2.45, 2.75) is 31.7 Å². The summed E-state index contributed by atoms with van der Waals surface area (Å²) in [6.07, 6.45) is 5.27. The van der Waals surface area contributed by atoms with Crippen LogP contribution in [-0.2, 0) is 0 Å². The van der Waals surface area contributed by atoms with E-state index in [9.17, 15) is 9.18 Å². The Balaban J connectivity index is 1.60. The van der Waals surface area contributed by atoms with Gasteiger partial charge in [-0.15, -0.1) is 0 Å². The lowest BCUT2D eigenvalue weighted by Gasteiger charge is -2.38. The van der Waals surface area contributed by atoms with Crippen LogP contribution in [0, 0.1) is 5.82 Å². The van der Waals surface area contributed by atoms with Gasteiger partial charge in [0, 0.05) is 37.8 Å². The molecule has 0 atom stereocenters. The molecule has 114 valence electrons. The molecule has 0 unspecified atom stereocenters. The van der Waals surface area contributed by atoms with E-state index < -0.39 is 0 Å². The second-order valence-electron chi connectivity index (χ2n) is 5.90. The molecule has 0 spiro atoms. The molecule has 0 bridgehead atoms. The maximum atomic E-state index is 13.5. The lowest BCUT2D eigenvalue weighted by Crippen LogP contribution is -2.51. The molecule has 0 N–H and O–H groups in total. The Kier molecular flexibility index (Phi) is 4.60. The van der Waals surface area contributed by atoms with Crippen molar-refractivity contribution >= 4 is 21.8 Å². The van der Waals surface area contributed by atoms with Gasteiger partial charge in [0.05, 0.1) is 4.47 Å². The molecule has 1 aliphatic carbocycles. The first-order valence-corrected chi connectivity index (χ1v) is 8.43. The second-order valence-corrected chi connectivity index (χ2v) is 6.75. The van der Waals surface area contributed by atoms with E-state index >= 15 is 0 Å². The van der Waals surface area contributed by atoms with Crippen molar-refractivity contribution in [3.8, 4) is 0 Å². The Hall–Kier alpha value is -0.940. The quantitative estimate of drug-likeness (QED) is 0.813. The molecule has 2 fully saturated rings. The Bertz CT molecular complexity index is 523. The van der Waals surface area contributed by atoms with E-state index in [2.05, 4.69) is 20.8 Å². The maximum absolute atomic E-state index is 13.5. The first-order chi connectivity index (χ1) is 10.1. The normalized spacial score (nSPS) is 21.0. The summed E-state index contributed by atoms with van der Waals surface area (Å²) in [7, 11) is 0. The number of halogens is 2. The zero-order valence-corrected chi connectivity index (χ0v) is 13.6. The van der Waals surface area contributed by atoms with Crippen molar-refractivity contribution in [1.82, 2.24) is 9.80 Å². The van der Waals surface area contributed by atoms with E-state index in [1.165, 1.54) is 31.7 Å². The molecule has 3 nitrogen and oxygen atoms in total. The van der Waals surface area contributed by atoms with Gasteiger partial charge in [0.2, 0.25) is 0 Å². The van der Waals surface area contributed by atoms with Gasteiger partial charge in [0.15, 0.2) is 0 Å². The molecular formula is C16H20BrFN2O. The summed E-state index contributed by atoms with van der Waals surface area (Å²) in [5.74, 6) is -0.446. The van der Waals surface area contributed by atoms with Gasteiger partial charge in [-0.2, -0.15) is 0 Å². The van der Waals surface area contributed by atoms with Crippen molar-refractivity contribution in [2.24, 2.45) is 0 Å². The van der Waals surface area contributed by atoms with Crippen LogP contribution in [0.5, 0.6) is 0 Å². The standard InChI is InChI=1S/C16H20BrFN2O/c17-14-6-5-12(11-15(14)18)16(21)20-9-7-19(8-10-20)13-3-1-2-4-13/h5-6,11,13H,1-4,7-10H2. The molecule has 0 radical (unpaired) electrons. The minimum absolute atomic E-state index is 0.0625. The molecule has 21 heavy (non-hydrogen) atoms. The van der Waals surface area contributed by atoms with Crippen molar-refractivity contribution in [1.29, 1.82) is 0 Å². The van der Waals surface area contributed by atoms with E-state index in [1.807, 2.05) is 4.90 Å². The zero-order valence-electron chi connectivity index (χ0n) is 12.0. The number of carbonyl (C=O) groups is 1. The van der Waals surface area contributed by atoms with Gasteiger partial charge in [-0.25, -0.2) is 4.39 Å². The number of nitrogens with zero attached hydrogens (tertiary/aromatic N) is 2. The first-order valence-electron chi connectivity index (χ1n) is 7.63. The molecular weight excluding hydrogens is 335 g/mol. The van der Waals surface area contributed by atoms with Crippen LogP contribution in [0.15, 0.2) is 22.7 Å². The van der Waals surface area contributed by atoms with Crippen LogP contribution in [0.3, 0.4) is 0 Å². The fourth-order valence-corrected chi connectivity index (χ4v) is 3.62. The lowest BCUT2D eigenvalue weighted by molar-refractivity contribution is 0.0573. The number of hydrogen-bond donors (Lipinski definition) is 0. The number of carbonyl (C=O) groups excluding carboxylic acids is 1. The number of piperazine rings is 1. The number of hydrogen-bond acceptors (Lipinski definition) is 2. The van der Waals surface area contributed by atoms with Crippen LogP contribution in [0.2, 0.25) is 0 Å². The summed E-state index contributed by atoms with van der Waals surface area (Å²) < 4.78 is 13.9. The van der Waals surface area contributed by atoms with Gasteiger partial charge in [-0.1, -0.05) is 12.8 Å². The summed E-state index contributed by atoms with van der Waals surface area (Å²) >= 11 is 3.11. The molecule has 1 saturated heterocycles. The fourth-order valence-electron chi connectivity index (χ4n) is 3.37. The first kappa shape index (κ1) is 15.0. The van der Waals surface area contributed by atoms with Crippen LogP contribution in [-0.4, -0.2) is 47.9 Å². The van der Waals surface area contributed by atoms with Crippen LogP contribution < -0.4 is 0 Å². The Morgan fingerprint density at radius 3 is 2.43 bits per heavy atom. The Morgan fingerprint density at radius 1 is 1.14 bits per heavy atom. The highest BCUT2D eigenvalue weighted by molar-refractivity contribution is 9.10. The maximum Gasteiger partial charge on any atom is 0.254 e. The van der Waals surface area contributed by atoms with Crippen molar-refractivity contribution < 1.29 is 9.18 Å². The molecule has 3 rings (SSSR count). The number of rotatable bonds is 2. The average Bonchev–Trinajstić information content (AvgIpc) is 3.04. The van der Waals surface area contributed by atoms with E-state index in [4.69, 9.17) is 0 Å². The van der Waals surface area contributed by atoms with E-state index in [1.54, 1.807) is 12.1 Å². The van der Waals surface area contributed by atoms with Crippen LogP contribution in [0.4, 0.5) is 4.39 Å². The van der Waals surface area contributed by atoms with Crippen LogP contribution in [0.25, 0.3) is 0 Å². The highest BCUT2D eigenvalue weighted by Crippen LogP contribution is 2.25. The lowest BCUT2D eigenvalue weighted by atomic mass is 10.1. The Labute approximate surface area is 133 Å². The average molecular weight is 355 g/mol. The minimum Gasteiger partial charge on any atom is -0.336 e. The summed E-state index contributed by atoms with van der Waals surface area (Å²) in [5.41, 5.74) is 0.435. The largest absolute Gasteiger partial charge is 0.336 e. The third kappa shape index (κ3) is 3.29. The monoisotopic (exact) mass is 354 g/mol. The molecule has 1 amide bonds. The highest BCUT2D eigenvalue weighted by Gasteiger charge is 2.28. The minimum atomic E-state index is -0.384. The molecule has 0 aromatic heterocycles. The van der Waals surface area contributed by atoms with E-state index in [0.29, 0.717) is 16.1 Å². The zero-order chi connectivity index (χ0) is 14.8. The van der Waals surface area contributed by atoms with Gasteiger partial charge in [0.25, 0.3) is 5.91 Å². The molecule has 1 aromatic rings. The predicted octanol–water partition coefficient (Wildman–Crippen LogP) is 3.29. The molecule has 1 aliphatic heterocycles. The molecule has 1 saturated carbocycles. The number of benzene rings is 1. The van der Waals surface area contributed by atoms with Gasteiger partial charge in [0.1, 0.15) is 5.82 Å². The van der Waals surface area contributed by atoms with E-state index in [-0.39, 0.29) is 11.7 Å². The molecule has 1 aromatic carbocycles. The Morgan fingerprint density at radius 2 is 1.81 bits per heavy atom. The van der Waals surface area contributed by atoms with Gasteiger partial charge < -0.3 is 4.90 Å². The molecule has 2 aliphatic rings. The van der Waals surface area contributed by atoms with Crippen LogP contribution >= 0.6 is 15.9 Å². The topological polar surface area (TPSA) is 23.6 Å². The SMILES string of the molecule is O=C(c1ccc(Br)c(F)c1)N1CCN(C2CCCC2)CC1. The summed E-state index contributed by atoms with van der Waals surface area (Å²) in [6.45, 7) is 3.37. The molecule has 5 heteroatoms. The third-order valence-corrected chi connectivity index (χ3v) is 5.25. The van der Waals surface area contributed by atoms with E-state index in [0.717, 1.165) is 26.2 Å². The van der Waals surface area contributed by atoms with Gasteiger partial charge in [-0.05, 0) is 47.0 Å². The van der Waals surface area contributed by atoms with Crippen molar-refractivity contribution in [2.75, 3.05) is 26.2 Å². The molecule has 1 heterocycles. The van der Waals surface area contributed by atoms with Gasteiger partial charge in [-0.3, -0.25) is 9.69 Å². The number of amides is 1. The van der Waals surface area contributed by atoms with Crippen LogP contribution in [0.1, 0.15) is 36.0 Å². The second kappa shape index (κ2) is 6.44. The summed E-state index contributed by atoms with van der Waals surface area (Å²) in [5, 5.41) is 0.